The third kappa shape index (κ3) is 6.13. The average Bonchev–Trinajstić information content (AvgIpc) is 3.27. The molecule has 1 amide bonds. The van der Waals surface area contributed by atoms with Crippen molar-refractivity contribution in [3.05, 3.63) is 106 Å². The summed E-state index contributed by atoms with van der Waals surface area (Å²) in [6.45, 7) is 0.0619. The number of hydrazine groups is 1. The van der Waals surface area contributed by atoms with Gasteiger partial charge in [-0.25, -0.2) is 29.0 Å². The largest absolute Gasteiger partial charge is 0.339 e. The Morgan fingerprint density at radius 1 is 0.971 bits per heavy atom. The van der Waals surface area contributed by atoms with E-state index in [1.807, 2.05) is 0 Å². The fourth-order valence-electron chi connectivity index (χ4n) is 3.47. The first kappa shape index (κ1) is 23.7. The van der Waals surface area contributed by atoms with Crippen LogP contribution in [-0.2, 0) is 6.54 Å². The first-order valence-electron chi connectivity index (χ1n) is 10.5. The third-order valence-corrected chi connectivity index (χ3v) is 5.58. The summed E-state index contributed by atoms with van der Waals surface area (Å²) < 4.78 is 40.1. The van der Waals surface area contributed by atoms with Gasteiger partial charge in [0.05, 0.1) is 12.7 Å². The van der Waals surface area contributed by atoms with Crippen LogP contribution in [0.1, 0.15) is 33.9 Å². The van der Waals surface area contributed by atoms with Gasteiger partial charge in [-0.15, -0.1) is 0 Å². The van der Waals surface area contributed by atoms with Gasteiger partial charge in [-0.3, -0.25) is 10.1 Å². The van der Waals surface area contributed by atoms with Crippen LogP contribution in [0.25, 0.3) is 0 Å². The lowest BCUT2D eigenvalue weighted by Crippen LogP contribution is -2.50. The normalized spacial score (nSPS) is 18.1. The number of nitrogens with zero attached hydrogens (tertiary/aromatic N) is 1. The highest BCUT2D eigenvalue weighted by Gasteiger charge is 2.26. The number of carbonyl (C=O) groups excluding carboxylic acids is 1. The number of halogens is 4. The zero-order chi connectivity index (χ0) is 24.1. The molecule has 0 spiro atoms. The van der Waals surface area contributed by atoms with E-state index in [0.717, 1.165) is 11.6 Å². The van der Waals surface area contributed by atoms with Gasteiger partial charge < -0.3 is 5.32 Å². The molecule has 3 aromatic carbocycles. The van der Waals surface area contributed by atoms with Gasteiger partial charge in [0.2, 0.25) is 0 Å². The van der Waals surface area contributed by atoms with Crippen molar-refractivity contribution in [1.82, 2.24) is 21.5 Å². The topological polar surface area (TPSA) is 77.5 Å². The zero-order valence-electron chi connectivity index (χ0n) is 17.8. The Hall–Kier alpha value is -3.40. The Morgan fingerprint density at radius 2 is 1.71 bits per heavy atom. The summed E-state index contributed by atoms with van der Waals surface area (Å²) in [5.41, 5.74) is 7.75. The lowest BCUT2D eigenvalue weighted by Gasteiger charge is -2.17. The second-order valence-corrected chi connectivity index (χ2v) is 8.10. The number of aliphatic imine (C=N–C) groups is 1. The van der Waals surface area contributed by atoms with E-state index in [2.05, 4.69) is 26.5 Å². The van der Waals surface area contributed by atoms with Gasteiger partial charge in [0.25, 0.3) is 5.91 Å². The van der Waals surface area contributed by atoms with Crippen molar-refractivity contribution in [2.24, 2.45) is 4.99 Å². The summed E-state index contributed by atoms with van der Waals surface area (Å²) in [7, 11) is 0. The molecule has 0 aromatic heterocycles. The van der Waals surface area contributed by atoms with Crippen LogP contribution in [0, 0.1) is 17.5 Å². The molecule has 2 unspecified atom stereocenters. The molecule has 6 nitrogen and oxygen atoms in total. The fourth-order valence-corrected chi connectivity index (χ4v) is 3.70. The maximum atomic E-state index is 13.6. The quantitative estimate of drug-likeness (QED) is 0.321. The number of rotatable bonds is 5. The van der Waals surface area contributed by atoms with Crippen LogP contribution in [-0.4, -0.2) is 18.0 Å². The second kappa shape index (κ2) is 10.7. The first-order chi connectivity index (χ1) is 16.4. The summed E-state index contributed by atoms with van der Waals surface area (Å²) in [6, 6.07) is 15.3. The molecule has 0 radical (unpaired) electrons. The van der Waals surface area contributed by atoms with Crippen LogP contribution >= 0.6 is 11.6 Å². The first-order valence-corrected chi connectivity index (χ1v) is 10.8. The Labute approximate surface area is 199 Å². The molecule has 4 N–H and O–H groups in total. The molecule has 1 saturated heterocycles. The maximum absolute atomic E-state index is 13.6. The van der Waals surface area contributed by atoms with Gasteiger partial charge in [-0.05, 0) is 53.6 Å². The van der Waals surface area contributed by atoms with E-state index in [4.69, 9.17) is 11.6 Å². The van der Waals surface area contributed by atoms with E-state index in [1.54, 1.807) is 12.1 Å². The van der Waals surface area contributed by atoms with Crippen molar-refractivity contribution in [3.8, 4) is 0 Å². The van der Waals surface area contributed by atoms with Crippen LogP contribution < -0.4 is 21.5 Å². The predicted molar refractivity (Wildman–Crippen MR) is 123 cm³/mol. The highest BCUT2D eigenvalue weighted by atomic mass is 35.5. The average molecular weight is 488 g/mol. The molecule has 0 saturated carbocycles. The molecule has 34 heavy (non-hydrogen) atoms. The molecule has 2 atom stereocenters. The van der Waals surface area contributed by atoms with Crippen molar-refractivity contribution in [1.29, 1.82) is 0 Å². The van der Waals surface area contributed by atoms with Crippen molar-refractivity contribution < 1.29 is 18.0 Å². The Bertz CT molecular complexity index is 1210. The van der Waals surface area contributed by atoms with Gasteiger partial charge in [0.1, 0.15) is 17.5 Å². The van der Waals surface area contributed by atoms with Crippen LogP contribution in [0.2, 0.25) is 5.02 Å². The summed E-state index contributed by atoms with van der Waals surface area (Å²) in [4.78, 5) is 17.1. The summed E-state index contributed by atoms with van der Waals surface area (Å²) >= 11 is 6.09. The summed E-state index contributed by atoms with van der Waals surface area (Å²) in [5.74, 6) is -1.77. The number of hydrogen-bond acceptors (Lipinski definition) is 4. The van der Waals surface area contributed by atoms with Gasteiger partial charge >= 0.3 is 0 Å². The van der Waals surface area contributed by atoms with Crippen molar-refractivity contribution in [2.75, 3.05) is 0 Å². The van der Waals surface area contributed by atoms with Crippen LogP contribution in [0.3, 0.4) is 0 Å². The van der Waals surface area contributed by atoms with Gasteiger partial charge in [0, 0.05) is 23.0 Å². The van der Waals surface area contributed by atoms with Crippen molar-refractivity contribution in [2.45, 2.75) is 25.2 Å². The number of carbonyl (C=O) groups is 1. The van der Waals surface area contributed by atoms with E-state index >= 15 is 0 Å². The summed E-state index contributed by atoms with van der Waals surface area (Å²) in [5, 5.41) is 5.96. The molecular formula is C24H21ClF3N5O. The van der Waals surface area contributed by atoms with E-state index in [9.17, 15) is 18.0 Å². The standard InChI is InChI=1S/C24H21ClF3N5O/c25-20-11-19(28)9-6-16(20)13-29-24(31-23(34)15-2-1-3-18(27)10-15)30-22-12-21(32-33-22)14-4-7-17(26)8-5-14/h1-11,21-22,32-33H,12-13H2,(H2,29,30,31,34). The predicted octanol–water partition coefficient (Wildman–Crippen LogP) is 4.20. The lowest BCUT2D eigenvalue weighted by molar-refractivity contribution is 0.0975. The highest BCUT2D eigenvalue weighted by Crippen LogP contribution is 2.22. The number of amides is 1. The Morgan fingerprint density at radius 3 is 2.44 bits per heavy atom. The minimum atomic E-state index is -0.558. The molecule has 176 valence electrons. The minimum Gasteiger partial charge on any atom is -0.339 e. The minimum absolute atomic E-state index is 0.0619. The number of nitrogens with one attached hydrogen (secondary N) is 4. The molecule has 1 heterocycles. The third-order valence-electron chi connectivity index (χ3n) is 5.23. The molecule has 0 bridgehead atoms. The van der Waals surface area contributed by atoms with E-state index in [-0.39, 0.29) is 41.1 Å². The van der Waals surface area contributed by atoms with Crippen molar-refractivity contribution >= 4 is 23.5 Å². The van der Waals surface area contributed by atoms with Crippen molar-refractivity contribution in [3.63, 3.8) is 0 Å². The van der Waals surface area contributed by atoms with Crippen LogP contribution in [0.15, 0.2) is 71.7 Å². The van der Waals surface area contributed by atoms with Crippen LogP contribution in [0.4, 0.5) is 13.2 Å². The fraction of sp³-hybridized carbons (Fsp3) is 0.167. The molecule has 1 fully saturated rings. The van der Waals surface area contributed by atoms with Gasteiger partial charge in [-0.2, -0.15) is 0 Å². The Kier molecular flexibility index (Phi) is 7.46. The maximum Gasteiger partial charge on any atom is 0.258 e. The highest BCUT2D eigenvalue weighted by molar-refractivity contribution is 6.31. The SMILES string of the molecule is O=C(NC(=NCc1ccc(F)cc1Cl)NC1CC(c2ccc(F)cc2)NN1)c1cccc(F)c1. The Balaban J connectivity index is 1.49. The van der Waals surface area contributed by atoms with Gasteiger partial charge in [0.15, 0.2) is 5.96 Å². The molecule has 10 heteroatoms. The molecule has 3 aromatic rings. The van der Waals surface area contributed by atoms with Gasteiger partial charge in [-0.1, -0.05) is 35.9 Å². The smallest absolute Gasteiger partial charge is 0.258 e. The number of guanidine groups is 1. The molecule has 4 rings (SSSR count). The van der Waals surface area contributed by atoms with E-state index < -0.39 is 17.5 Å². The lowest BCUT2D eigenvalue weighted by atomic mass is 10.0. The molecule has 1 aliphatic rings. The molecule has 1 aliphatic heterocycles. The number of hydrogen-bond donors (Lipinski definition) is 4. The monoisotopic (exact) mass is 487 g/mol. The molecule has 0 aliphatic carbocycles. The summed E-state index contributed by atoms with van der Waals surface area (Å²) in [6.07, 6.45) is 0.211. The number of benzene rings is 3. The zero-order valence-corrected chi connectivity index (χ0v) is 18.5. The van der Waals surface area contributed by atoms with E-state index in [1.165, 1.54) is 48.5 Å². The van der Waals surface area contributed by atoms with Crippen LogP contribution in [0.5, 0.6) is 0 Å². The van der Waals surface area contributed by atoms with E-state index in [0.29, 0.717) is 12.0 Å². The second-order valence-electron chi connectivity index (χ2n) is 7.69. The molecular weight excluding hydrogens is 467 g/mol.